The quantitative estimate of drug-likeness (QED) is 0.234. The Bertz CT molecular complexity index is 2270. The minimum atomic E-state index is -1.10. The van der Waals surface area contributed by atoms with Gasteiger partial charge >= 0.3 is 0 Å². The monoisotopic (exact) mass is 837 g/mol. The van der Waals surface area contributed by atoms with Crippen LogP contribution in [-0.4, -0.2) is 113 Å². The van der Waals surface area contributed by atoms with Gasteiger partial charge in [-0.2, -0.15) is 0 Å². The van der Waals surface area contributed by atoms with Crippen molar-refractivity contribution in [1.82, 2.24) is 30.4 Å². The fourth-order valence-electron chi connectivity index (χ4n) is 9.82. The zero-order valence-corrected chi connectivity index (χ0v) is 33.8. The number of piperidine rings is 3. The number of halogens is 2. The third-order valence-electron chi connectivity index (χ3n) is 13.3. The zero-order chi connectivity index (χ0) is 41.7. The molecule has 1 aromatic heterocycles. The highest BCUT2D eigenvalue weighted by molar-refractivity contribution is 6.33. The number of amides is 5. The molecule has 5 aliphatic heterocycles. The Labute approximate surface area is 351 Å². The summed E-state index contributed by atoms with van der Waals surface area (Å²) in [7, 11) is 0. The maximum absolute atomic E-state index is 15.5. The van der Waals surface area contributed by atoms with E-state index in [0.717, 1.165) is 94.3 Å². The number of anilines is 2. The first-order valence-corrected chi connectivity index (χ1v) is 21.1. The average Bonchev–Trinajstić information content (AvgIpc) is 3.47. The van der Waals surface area contributed by atoms with Crippen molar-refractivity contribution in [2.24, 2.45) is 5.41 Å². The summed E-state index contributed by atoms with van der Waals surface area (Å²) in [5.41, 5.74) is 1.16. The summed E-state index contributed by atoms with van der Waals surface area (Å²) in [6.45, 7) is 12.0. The van der Waals surface area contributed by atoms with Crippen LogP contribution in [-0.2, 0) is 9.59 Å². The number of nitrogens with one attached hydrogen (secondary N) is 2. The molecule has 60 heavy (non-hydrogen) atoms. The number of hydrogen-bond acceptors (Lipinski definition) is 11. The van der Waals surface area contributed by atoms with E-state index in [4.69, 9.17) is 22.9 Å². The van der Waals surface area contributed by atoms with Crippen LogP contribution in [0.25, 0.3) is 4.85 Å². The number of carbonyl (C=O) groups is 5. The lowest BCUT2D eigenvalue weighted by molar-refractivity contribution is -0.136. The van der Waals surface area contributed by atoms with Crippen molar-refractivity contribution in [2.45, 2.75) is 88.4 Å². The topological polar surface area (TPSA) is 162 Å². The number of carbonyl (C=O) groups excluding carboxylic acids is 5. The molecule has 5 amide bonds. The first kappa shape index (κ1) is 39.8. The van der Waals surface area contributed by atoms with Crippen molar-refractivity contribution >= 4 is 58.3 Å². The molecule has 6 aliphatic rings. The number of fused-ring (bicyclic) bond motifs is 1. The third kappa shape index (κ3) is 7.64. The van der Waals surface area contributed by atoms with E-state index in [2.05, 4.69) is 35.2 Å². The summed E-state index contributed by atoms with van der Waals surface area (Å²) in [6, 6.07) is 7.03. The molecule has 1 atom stereocenters. The highest BCUT2D eigenvalue weighted by Crippen LogP contribution is 2.44. The van der Waals surface area contributed by atoms with Gasteiger partial charge in [0.2, 0.25) is 17.5 Å². The Hall–Kier alpha value is -5.66. The molecule has 2 aromatic carbocycles. The van der Waals surface area contributed by atoms with Gasteiger partial charge in [-0.25, -0.2) is 19.2 Å². The highest BCUT2D eigenvalue weighted by atomic mass is 35.5. The molecule has 9 rings (SSSR count). The van der Waals surface area contributed by atoms with Gasteiger partial charge in [-0.1, -0.05) is 17.7 Å². The molecule has 15 nitrogen and oxygen atoms in total. The summed E-state index contributed by atoms with van der Waals surface area (Å²) in [5, 5.41) is 5.66. The molecule has 1 unspecified atom stereocenters. The molecule has 0 bridgehead atoms. The van der Waals surface area contributed by atoms with Crippen LogP contribution in [0.3, 0.4) is 0 Å². The molecule has 2 N–H and O–H groups in total. The van der Waals surface area contributed by atoms with Crippen LogP contribution in [0.1, 0.15) is 95.4 Å². The second-order valence-corrected chi connectivity index (χ2v) is 17.4. The number of likely N-dealkylation sites (tertiary alicyclic amines) is 1. The Morgan fingerprint density at radius 1 is 0.900 bits per heavy atom. The second kappa shape index (κ2) is 16.1. The van der Waals surface area contributed by atoms with Crippen LogP contribution >= 0.6 is 11.6 Å². The largest absolute Gasteiger partial charge is 0.490 e. The standard InChI is InChI=1S/C43H45ClFN9O6/c1-46-33-7-6-28(18-31(33)44)60-27-4-2-25(3-5-27)49-39(56)34-21-48-37(22-47-34)52-14-10-26(11-15-52)53-23-43(24-53)12-16-51(17-13-43)36-20-30-29(19-32(36)45)41(58)54(42(30)59)35-8-9-38(55)50-40(35)57/h6-7,18-22,25-27,35H,2-5,8-17,23-24H2,(H,49,56)(H,50,55,57). The average molecular weight is 838 g/mol. The summed E-state index contributed by atoms with van der Waals surface area (Å²) in [5.74, 6) is -1.92. The number of aromatic nitrogens is 2. The van der Waals surface area contributed by atoms with E-state index in [-0.39, 0.29) is 58.8 Å². The Kier molecular flexibility index (Phi) is 10.7. The first-order valence-electron chi connectivity index (χ1n) is 20.7. The number of hydrogen-bond donors (Lipinski definition) is 2. The Morgan fingerprint density at radius 2 is 1.62 bits per heavy atom. The van der Waals surface area contributed by atoms with E-state index in [1.165, 1.54) is 6.07 Å². The maximum Gasteiger partial charge on any atom is 0.271 e. The van der Waals surface area contributed by atoms with Crippen LogP contribution in [0, 0.1) is 17.8 Å². The van der Waals surface area contributed by atoms with E-state index >= 15 is 4.39 Å². The van der Waals surface area contributed by atoms with Crippen LogP contribution in [0.5, 0.6) is 5.75 Å². The van der Waals surface area contributed by atoms with Crippen LogP contribution in [0.15, 0.2) is 42.7 Å². The third-order valence-corrected chi connectivity index (χ3v) is 13.6. The van der Waals surface area contributed by atoms with Gasteiger partial charge in [0.05, 0.1) is 46.9 Å². The van der Waals surface area contributed by atoms with Gasteiger partial charge in [-0.3, -0.25) is 39.1 Å². The maximum atomic E-state index is 15.5. The number of imide groups is 2. The molecular weight excluding hydrogens is 793 g/mol. The van der Waals surface area contributed by atoms with Crippen molar-refractivity contribution < 1.29 is 33.1 Å². The van der Waals surface area contributed by atoms with Crippen molar-refractivity contribution in [2.75, 3.05) is 49.1 Å². The lowest BCUT2D eigenvalue weighted by Crippen LogP contribution is -2.64. The fourth-order valence-corrected chi connectivity index (χ4v) is 10.0. The molecule has 312 valence electrons. The summed E-state index contributed by atoms with van der Waals surface area (Å²) < 4.78 is 21.6. The molecular formula is C43H45ClFN9O6. The smallest absolute Gasteiger partial charge is 0.271 e. The summed E-state index contributed by atoms with van der Waals surface area (Å²) >= 11 is 6.15. The van der Waals surface area contributed by atoms with E-state index in [0.29, 0.717) is 35.6 Å². The molecule has 1 aliphatic carbocycles. The van der Waals surface area contributed by atoms with Gasteiger partial charge in [0, 0.05) is 57.8 Å². The highest BCUT2D eigenvalue weighted by Gasteiger charge is 2.49. The van der Waals surface area contributed by atoms with E-state index in [1.54, 1.807) is 30.6 Å². The van der Waals surface area contributed by atoms with Crippen LogP contribution in [0.4, 0.5) is 21.6 Å². The second-order valence-electron chi connectivity index (χ2n) is 17.0. The minimum Gasteiger partial charge on any atom is -0.490 e. The number of rotatable bonds is 8. The molecule has 0 radical (unpaired) electrons. The molecule has 3 aromatic rings. The zero-order valence-electron chi connectivity index (χ0n) is 33.0. The molecule has 1 spiro atoms. The van der Waals surface area contributed by atoms with Gasteiger partial charge in [-0.15, -0.1) is 0 Å². The number of benzene rings is 2. The van der Waals surface area contributed by atoms with Crippen molar-refractivity contribution in [1.29, 1.82) is 0 Å². The first-order chi connectivity index (χ1) is 29.0. The lowest BCUT2D eigenvalue weighted by Gasteiger charge is -2.57. The fraction of sp³-hybridized carbons (Fsp3) is 0.488. The van der Waals surface area contributed by atoms with Gasteiger partial charge in [-0.05, 0) is 87.5 Å². The van der Waals surface area contributed by atoms with Gasteiger partial charge in [0.25, 0.3) is 17.7 Å². The predicted molar refractivity (Wildman–Crippen MR) is 218 cm³/mol. The van der Waals surface area contributed by atoms with Crippen LogP contribution < -0.4 is 25.2 Å². The Balaban J connectivity index is 0.709. The van der Waals surface area contributed by atoms with Gasteiger partial charge in [0.15, 0.2) is 0 Å². The van der Waals surface area contributed by atoms with Gasteiger partial charge < -0.3 is 19.9 Å². The number of nitrogens with zero attached hydrogens (tertiary/aromatic N) is 7. The minimum absolute atomic E-state index is 0.0150. The van der Waals surface area contributed by atoms with Crippen LogP contribution in [0.2, 0.25) is 5.02 Å². The van der Waals surface area contributed by atoms with E-state index < -0.39 is 35.5 Å². The number of ether oxygens (including phenoxy) is 1. The SMILES string of the molecule is [C-]#[N+]c1ccc(OC2CCC(NC(=O)c3cnc(N4CCC(N5CC6(CCN(c7cc8c(cc7F)C(=O)N(C7CCC(=O)NC7=O)C8=O)CC6)C5)CC4)cn3)CC2)cc1Cl. The normalized spacial score (nSPS) is 24.5. The Morgan fingerprint density at radius 3 is 2.27 bits per heavy atom. The van der Waals surface area contributed by atoms with Crippen molar-refractivity contribution in [3.05, 3.63) is 81.8 Å². The van der Waals surface area contributed by atoms with E-state index in [1.807, 2.05) is 4.90 Å². The molecule has 1 saturated carbocycles. The van der Waals surface area contributed by atoms with Gasteiger partial charge in [0.1, 0.15) is 29.1 Å². The molecule has 6 heterocycles. The van der Waals surface area contributed by atoms with Crippen molar-refractivity contribution in [3.63, 3.8) is 0 Å². The summed E-state index contributed by atoms with van der Waals surface area (Å²) in [6.07, 6.45) is 10.2. The lowest BCUT2D eigenvalue weighted by atomic mass is 9.70. The van der Waals surface area contributed by atoms with E-state index in [9.17, 15) is 24.0 Å². The summed E-state index contributed by atoms with van der Waals surface area (Å²) in [4.78, 5) is 83.6. The predicted octanol–water partition coefficient (Wildman–Crippen LogP) is 4.91. The molecule has 5 fully saturated rings. The molecule has 4 saturated heterocycles. The van der Waals surface area contributed by atoms with Crippen molar-refractivity contribution in [3.8, 4) is 5.75 Å². The molecule has 17 heteroatoms.